The van der Waals surface area contributed by atoms with Crippen LogP contribution in [0.3, 0.4) is 0 Å². The summed E-state index contributed by atoms with van der Waals surface area (Å²) in [5.41, 5.74) is 11.0. The predicted octanol–water partition coefficient (Wildman–Crippen LogP) is 3.12. The molecule has 6 rings (SSSR count). The van der Waals surface area contributed by atoms with E-state index in [-0.39, 0.29) is 31.0 Å². The largest absolute Gasteiger partial charge is 1.00 e. The van der Waals surface area contributed by atoms with Gasteiger partial charge in [0.2, 0.25) is 0 Å². The van der Waals surface area contributed by atoms with Crippen LogP contribution >= 0.6 is 0 Å². The van der Waals surface area contributed by atoms with Gasteiger partial charge in [-0.15, -0.1) is 11.1 Å². The third-order valence-corrected chi connectivity index (χ3v) is 5.23. The maximum absolute atomic E-state index is 3.30. The zero-order chi connectivity index (χ0) is 17.3. The molecule has 0 N–H and O–H groups in total. The summed E-state index contributed by atoms with van der Waals surface area (Å²) in [7, 11) is 0. The summed E-state index contributed by atoms with van der Waals surface area (Å²) >= 11 is 0. The van der Waals surface area contributed by atoms with Crippen LogP contribution in [0.2, 0.25) is 0 Å². The average molecular weight is 417 g/mol. The van der Waals surface area contributed by atoms with E-state index in [4.69, 9.17) is 0 Å². The van der Waals surface area contributed by atoms with Crippen molar-refractivity contribution in [1.82, 2.24) is 0 Å². The first-order chi connectivity index (χ1) is 12.9. The van der Waals surface area contributed by atoms with Crippen molar-refractivity contribution in [1.29, 1.82) is 0 Å². The molecule has 0 aliphatic heterocycles. The molecular formula is C26H18ClV-3. The molecule has 137 valence electrons. The van der Waals surface area contributed by atoms with Crippen molar-refractivity contribution in [2.45, 2.75) is 12.8 Å². The van der Waals surface area contributed by atoms with Gasteiger partial charge in [0.25, 0.3) is 0 Å². The Bertz CT molecular complexity index is 925. The summed E-state index contributed by atoms with van der Waals surface area (Å²) in [6.45, 7) is 0. The van der Waals surface area contributed by atoms with Gasteiger partial charge in [0.1, 0.15) is 0 Å². The zero-order valence-electron chi connectivity index (χ0n) is 15.3. The second-order valence-corrected chi connectivity index (χ2v) is 6.79. The molecule has 0 heterocycles. The Kier molecular flexibility index (Phi) is 6.47. The molecule has 2 aliphatic rings. The monoisotopic (exact) mass is 416 g/mol. The van der Waals surface area contributed by atoms with Crippen LogP contribution in [0, 0.1) is 12.1 Å². The van der Waals surface area contributed by atoms with E-state index in [9.17, 15) is 0 Å². The van der Waals surface area contributed by atoms with Crippen LogP contribution < -0.4 is 12.4 Å². The molecule has 0 saturated carbocycles. The quantitative estimate of drug-likeness (QED) is 0.334. The molecule has 2 aliphatic carbocycles. The van der Waals surface area contributed by atoms with Crippen LogP contribution in [0.25, 0.3) is 22.3 Å². The molecule has 28 heavy (non-hydrogen) atoms. The van der Waals surface area contributed by atoms with Gasteiger partial charge in [0.05, 0.1) is 0 Å². The molecule has 4 aromatic rings. The molecule has 0 amide bonds. The summed E-state index contributed by atoms with van der Waals surface area (Å²) in [4.78, 5) is 0. The topological polar surface area (TPSA) is 0 Å². The molecule has 0 aromatic heterocycles. The van der Waals surface area contributed by atoms with E-state index in [1.807, 2.05) is 12.1 Å². The molecule has 0 atom stereocenters. The summed E-state index contributed by atoms with van der Waals surface area (Å²) in [5.74, 6) is 0. The van der Waals surface area contributed by atoms with Gasteiger partial charge in [-0.25, -0.2) is 0 Å². The number of halogens is 1. The fourth-order valence-electron chi connectivity index (χ4n) is 4.00. The van der Waals surface area contributed by atoms with Crippen molar-refractivity contribution in [3.8, 4) is 22.3 Å². The first-order valence-corrected chi connectivity index (χ1v) is 9.06. The second kappa shape index (κ2) is 8.84. The molecular weight excluding hydrogens is 399 g/mol. The molecule has 1 radical (unpaired) electrons. The fourth-order valence-corrected chi connectivity index (χ4v) is 4.00. The normalized spacial score (nSPS) is 11.4. The van der Waals surface area contributed by atoms with Gasteiger partial charge in [-0.2, -0.15) is 59.7 Å². The van der Waals surface area contributed by atoms with E-state index < -0.39 is 0 Å². The maximum atomic E-state index is 3.30. The minimum atomic E-state index is 0. The Labute approximate surface area is 184 Å². The Morgan fingerprint density at radius 2 is 0.893 bits per heavy atom. The van der Waals surface area contributed by atoms with Gasteiger partial charge in [-0.3, -0.25) is 0 Å². The van der Waals surface area contributed by atoms with Crippen molar-refractivity contribution in [2.75, 3.05) is 0 Å². The molecule has 0 bridgehead atoms. The van der Waals surface area contributed by atoms with E-state index in [0.717, 1.165) is 12.8 Å². The average Bonchev–Trinajstić information content (AvgIpc) is 3.27. The van der Waals surface area contributed by atoms with E-state index in [0.29, 0.717) is 0 Å². The Morgan fingerprint density at radius 1 is 0.500 bits per heavy atom. The van der Waals surface area contributed by atoms with E-state index in [1.165, 1.54) is 44.5 Å². The SMILES string of the molecule is [Cl-].[V].[c-]1cccc2c1Cc1ccccc1-2.[c-]1cccc2c1Cc1ccccc1-2. The summed E-state index contributed by atoms with van der Waals surface area (Å²) in [6, 6.07) is 36.2. The van der Waals surface area contributed by atoms with E-state index >= 15 is 0 Å². The van der Waals surface area contributed by atoms with Crippen LogP contribution in [0.4, 0.5) is 0 Å². The number of hydrogen-bond acceptors (Lipinski definition) is 0. The van der Waals surface area contributed by atoms with Crippen molar-refractivity contribution in [3.63, 3.8) is 0 Å². The van der Waals surface area contributed by atoms with Crippen molar-refractivity contribution in [2.24, 2.45) is 0 Å². The second-order valence-electron chi connectivity index (χ2n) is 6.79. The Morgan fingerprint density at radius 3 is 1.36 bits per heavy atom. The number of rotatable bonds is 0. The summed E-state index contributed by atoms with van der Waals surface area (Å²) in [5, 5.41) is 0. The molecule has 0 spiro atoms. The smallest absolute Gasteiger partial charge is 0 e. The zero-order valence-corrected chi connectivity index (χ0v) is 17.5. The van der Waals surface area contributed by atoms with E-state index in [2.05, 4.69) is 84.9 Å². The molecule has 2 heteroatoms. The van der Waals surface area contributed by atoms with Crippen molar-refractivity contribution in [3.05, 3.63) is 119 Å². The van der Waals surface area contributed by atoms with Crippen LogP contribution in [-0.2, 0) is 31.4 Å². The van der Waals surface area contributed by atoms with Crippen LogP contribution in [0.15, 0.2) is 84.9 Å². The summed E-state index contributed by atoms with van der Waals surface area (Å²) in [6.07, 6.45) is 2.10. The molecule has 0 unspecified atom stereocenters. The number of benzene rings is 4. The first kappa shape index (κ1) is 20.5. The first-order valence-electron chi connectivity index (χ1n) is 9.06. The fraction of sp³-hybridized carbons (Fsp3) is 0.0769. The third-order valence-electron chi connectivity index (χ3n) is 5.23. The Hall–Kier alpha value is -2.25. The van der Waals surface area contributed by atoms with Crippen LogP contribution in [0.1, 0.15) is 22.3 Å². The van der Waals surface area contributed by atoms with Gasteiger partial charge >= 0.3 is 0 Å². The van der Waals surface area contributed by atoms with E-state index in [1.54, 1.807) is 0 Å². The van der Waals surface area contributed by atoms with Crippen molar-refractivity contribution < 1.29 is 31.0 Å². The molecule has 0 nitrogen and oxygen atoms in total. The van der Waals surface area contributed by atoms with Gasteiger partial charge in [-0.1, -0.05) is 70.8 Å². The minimum absolute atomic E-state index is 0. The standard InChI is InChI=1S/2C13H9.ClH.V/c2*1-3-7-12-10(5-1)9-11-6-2-4-8-13(11)12;;/h2*1-5,7-8H,9H2;1H;/q2*-1;;/p-1. The van der Waals surface area contributed by atoms with Gasteiger partial charge in [0.15, 0.2) is 0 Å². The van der Waals surface area contributed by atoms with Crippen LogP contribution in [-0.4, -0.2) is 0 Å². The van der Waals surface area contributed by atoms with Gasteiger partial charge in [0, 0.05) is 18.6 Å². The number of hydrogen-bond donors (Lipinski definition) is 0. The predicted molar refractivity (Wildman–Crippen MR) is 107 cm³/mol. The van der Waals surface area contributed by atoms with Crippen molar-refractivity contribution >= 4 is 0 Å². The summed E-state index contributed by atoms with van der Waals surface area (Å²) < 4.78 is 0. The number of fused-ring (bicyclic) bond motifs is 6. The third kappa shape index (κ3) is 3.69. The minimum Gasteiger partial charge on any atom is -1.00 e. The van der Waals surface area contributed by atoms with Gasteiger partial charge in [-0.05, 0) is 12.8 Å². The molecule has 4 aromatic carbocycles. The molecule has 0 fully saturated rings. The molecule has 0 saturated heterocycles. The van der Waals surface area contributed by atoms with Crippen LogP contribution in [0.5, 0.6) is 0 Å². The Balaban J connectivity index is 0.000000150. The maximum Gasteiger partial charge on any atom is 0 e. The van der Waals surface area contributed by atoms with Gasteiger partial charge < -0.3 is 12.4 Å².